The van der Waals surface area contributed by atoms with Gasteiger partial charge in [0.2, 0.25) is 0 Å². The first kappa shape index (κ1) is 12.0. The molecule has 0 saturated heterocycles. The second-order valence-corrected chi connectivity index (χ2v) is 4.20. The average molecular weight is 243 g/mol. The monoisotopic (exact) mass is 243 g/mol. The van der Waals surface area contributed by atoms with Gasteiger partial charge >= 0.3 is 12.1 Å². The number of nitrogens with one attached hydrogen (secondary N) is 1. The maximum Gasteiger partial charge on any atom is 0.471 e. The molecule has 1 aliphatic rings. The lowest BCUT2D eigenvalue weighted by molar-refractivity contribution is -0.174. The first-order chi connectivity index (χ1) is 7.98. The molecule has 1 fully saturated rings. The first-order valence-corrected chi connectivity index (χ1v) is 5.41. The van der Waals surface area contributed by atoms with Gasteiger partial charge in [0.1, 0.15) is 0 Å². The summed E-state index contributed by atoms with van der Waals surface area (Å²) in [5, 5.41) is 2.07. The van der Waals surface area contributed by atoms with Crippen LogP contribution in [0.25, 0.3) is 0 Å². The molecule has 5 heteroatoms. The minimum absolute atomic E-state index is 0.128. The van der Waals surface area contributed by atoms with Gasteiger partial charge in [-0.1, -0.05) is 30.3 Å². The lowest BCUT2D eigenvalue weighted by Gasteiger charge is -2.19. The Morgan fingerprint density at radius 3 is 2.29 bits per heavy atom. The molecule has 0 heterocycles. The van der Waals surface area contributed by atoms with E-state index in [0.29, 0.717) is 0 Å². The van der Waals surface area contributed by atoms with Gasteiger partial charge in [-0.25, -0.2) is 0 Å². The molecule has 1 aromatic rings. The Bertz CT molecular complexity index is 398. The van der Waals surface area contributed by atoms with Crippen LogP contribution in [0.15, 0.2) is 30.3 Å². The van der Waals surface area contributed by atoms with E-state index in [1.54, 1.807) is 30.3 Å². The van der Waals surface area contributed by atoms with Gasteiger partial charge in [-0.3, -0.25) is 4.79 Å². The normalized spacial score (nSPS) is 17.6. The van der Waals surface area contributed by atoms with Gasteiger partial charge in [-0.15, -0.1) is 0 Å². The predicted octanol–water partition coefficient (Wildman–Crippen LogP) is 2.82. The molecule has 1 amide bonds. The molecule has 1 saturated carbocycles. The number of hydrogen-bond acceptors (Lipinski definition) is 1. The predicted molar refractivity (Wildman–Crippen MR) is 56.1 cm³/mol. The van der Waals surface area contributed by atoms with Crippen molar-refractivity contribution >= 4 is 5.91 Å². The third kappa shape index (κ3) is 2.99. The first-order valence-electron chi connectivity index (χ1n) is 5.41. The van der Waals surface area contributed by atoms with E-state index < -0.39 is 18.1 Å². The number of benzene rings is 1. The summed E-state index contributed by atoms with van der Waals surface area (Å²) in [5.41, 5.74) is 0.729. The number of amides is 1. The fraction of sp³-hybridized carbons (Fsp3) is 0.417. The van der Waals surface area contributed by atoms with E-state index in [9.17, 15) is 18.0 Å². The lowest BCUT2D eigenvalue weighted by atomic mass is 10.0. The maximum absolute atomic E-state index is 12.2. The standard InChI is InChI=1S/C12H12F3NO/c13-12(14,15)11(17)16-10(9-6-7-9)8-4-2-1-3-5-8/h1-5,9-10H,6-7H2,(H,16,17). The van der Waals surface area contributed by atoms with Crippen LogP contribution in [-0.4, -0.2) is 12.1 Å². The Labute approximate surface area is 96.8 Å². The van der Waals surface area contributed by atoms with Crippen molar-refractivity contribution in [2.45, 2.75) is 25.1 Å². The molecule has 2 rings (SSSR count). The highest BCUT2D eigenvalue weighted by Gasteiger charge is 2.42. The minimum Gasteiger partial charge on any atom is -0.341 e. The number of alkyl halides is 3. The van der Waals surface area contributed by atoms with E-state index in [-0.39, 0.29) is 5.92 Å². The quantitative estimate of drug-likeness (QED) is 0.869. The van der Waals surface area contributed by atoms with Gasteiger partial charge in [0.15, 0.2) is 0 Å². The SMILES string of the molecule is O=C(NC(c1ccccc1)C1CC1)C(F)(F)F. The van der Waals surface area contributed by atoms with Gasteiger partial charge in [0, 0.05) is 0 Å². The molecule has 0 spiro atoms. The van der Waals surface area contributed by atoms with Crippen LogP contribution in [0.3, 0.4) is 0 Å². The van der Waals surface area contributed by atoms with Crippen LogP contribution in [0, 0.1) is 5.92 Å². The van der Waals surface area contributed by atoms with E-state index in [0.717, 1.165) is 18.4 Å². The molecule has 1 aromatic carbocycles. The molecule has 17 heavy (non-hydrogen) atoms. The van der Waals surface area contributed by atoms with Crippen molar-refractivity contribution < 1.29 is 18.0 Å². The van der Waals surface area contributed by atoms with Crippen molar-refractivity contribution in [2.75, 3.05) is 0 Å². The van der Waals surface area contributed by atoms with E-state index in [1.165, 1.54) is 0 Å². The molecule has 1 N–H and O–H groups in total. The van der Waals surface area contributed by atoms with Crippen molar-refractivity contribution in [3.05, 3.63) is 35.9 Å². The average Bonchev–Trinajstić information content (AvgIpc) is 3.09. The zero-order valence-corrected chi connectivity index (χ0v) is 9.00. The topological polar surface area (TPSA) is 29.1 Å². The van der Waals surface area contributed by atoms with Crippen LogP contribution in [-0.2, 0) is 4.79 Å². The Hall–Kier alpha value is -1.52. The van der Waals surface area contributed by atoms with Crippen LogP contribution in [0.1, 0.15) is 24.4 Å². The number of hydrogen-bond donors (Lipinski definition) is 1. The zero-order chi connectivity index (χ0) is 12.5. The molecule has 92 valence electrons. The Morgan fingerprint density at radius 1 is 1.24 bits per heavy atom. The van der Waals surface area contributed by atoms with Crippen molar-refractivity contribution in [2.24, 2.45) is 5.92 Å². The second-order valence-electron chi connectivity index (χ2n) is 4.20. The Morgan fingerprint density at radius 2 is 1.82 bits per heavy atom. The third-order valence-corrected chi connectivity index (χ3v) is 2.80. The summed E-state index contributed by atoms with van der Waals surface area (Å²) >= 11 is 0. The Balaban J connectivity index is 2.12. The number of carbonyl (C=O) groups is 1. The number of halogens is 3. The van der Waals surface area contributed by atoms with E-state index in [4.69, 9.17) is 0 Å². The van der Waals surface area contributed by atoms with Crippen molar-refractivity contribution in [1.29, 1.82) is 0 Å². The molecule has 2 nitrogen and oxygen atoms in total. The smallest absolute Gasteiger partial charge is 0.341 e. The molecule has 0 radical (unpaired) electrons. The van der Waals surface area contributed by atoms with E-state index in [1.807, 2.05) is 0 Å². The Kier molecular flexibility index (Phi) is 3.09. The fourth-order valence-electron chi connectivity index (χ4n) is 1.79. The highest BCUT2D eigenvalue weighted by atomic mass is 19.4. The minimum atomic E-state index is -4.82. The molecule has 0 aliphatic heterocycles. The van der Waals surface area contributed by atoms with Crippen LogP contribution in [0.2, 0.25) is 0 Å². The fourth-order valence-corrected chi connectivity index (χ4v) is 1.79. The van der Waals surface area contributed by atoms with Gasteiger partial charge < -0.3 is 5.32 Å². The third-order valence-electron chi connectivity index (χ3n) is 2.80. The van der Waals surface area contributed by atoms with Gasteiger partial charge in [-0.2, -0.15) is 13.2 Å². The highest BCUT2D eigenvalue weighted by molar-refractivity contribution is 5.82. The van der Waals surface area contributed by atoms with Crippen molar-refractivity contribution in [3.8, 4) is 0 Å². The molecule has 0 aromatic heterocycles. The summed E-state index contributed by atoms with van der Waals surface area (Å²) in [6.07, 6.45) is -3.10. The molecule has 1 unspecified atom stereocenters. The summed E-state index contributed by atoms with van der Waals surface area (Å²) in [7, 11) is 0. The summed E-state index contributed by atoms with van der Waals surface area (Å²) < 4.78 is 36.6. The number of carbonyl (C=O) groups excluding carboxylic acids is 1. The van der Waals surface area contributed by atoms with Crippen LogP contribution >= 0.6 is 0 Å². The molecule has 1 atom stereocenters. The van der Waals surface area contributed by atoms with Gasteiger partial charge in [0.05, 0.1) is 6.04 Å². The van der Waals surface area contributed by atoms with Crippen molar-refractivity contribution in [3.63, 3.8) is 0 Å². The maximum atomic E-state index is 12.2. The van der Waals surface area contributed by atoms with Gasteiger partial charge in [-0.05, 0) is 24.3 Å². The van der Waals surface area contributed by atoms with Gasteiger partial charge in [0.25, 0.3) is 0 Å². The second kappa shape index (κ2) is 4.39. The summed E-state index contributed by atoms with van der Waals surface area (Å²) in [6, 6.07) is 8.25. The highest BCUT2D eigenvalue weighted by Crippen LogP contribution is 2.41. The molecular weight excluding hydrogens is 231 g/mol. The lowest BCUT2D eigenvalue weighted by Crippen LogP contribution is -2.39. The zero-order valence-electron chi connectivity index (χ0n) is 9.00. The van der Waals surface area contributed by atoms with Crippen LogP contribution in [0.4, 0.5) is 13.2 Å². The summed E-state index contributed by atoms with van der Waals surface area (Å²) in [6.45, 7) is 0. The van der Waals surface area contributed by atoms with E-state index in [2.05, 4.69) is 5.32 Å². The summed E-state index contributed by atoms with van der Waals surface area (Å²) in [4.78, 5) is 10.9. The molecule has 1 aliphatic carbocycles. The summed E-state index contributed by atoms with van der Waals surface area (Å²) in [5.74, 6) is -1.73. The van der Waals surface area contributed by atoms with E-state index >= 15 is 0 Å². The number of rotatable bonds is 3. The van der Waals surface area contributed by atoms with Crippen LogP contribution < -0.4 is 5.32 Å². The largest absolute Gasteiger partial charge is 0.471 e. The molecular formula is C12H12F3NO. The van der Waals surface area contributed by atoms with Crippen molar-refractivity contribution in [1.82, 2.24) is 5.32 Å². The molecule has 0 bridgehead atoms. The van der Waals surface area contributed by atoms with Crippen LogP contribution in [0.5, 0.6) is 0 Å².